The van der Waals surface area contributed by atoms with Crippen molar-refractivity contribution in [3.8, 4) is 11.5 Å². The van der Waals surface area contributed by atoms with E-state index in [1.54, 1.807) is 7.11 Å². The number of methoxy groups -OCH3 is 1. The van der Waals surface area contributed by atoms with Gasteiger partial charge in [0, 0.05) is 11.6 Å². The van der Waals surface area contributed by atoms with Gasteiger partial charge in [0.1, 0.15) is 6.61 Å². The van der Waals surface area contributed by atoms with Crippen LogP contribution < -0.4 is 20.1 Å². The first kappa shape index (κ1) is 26.1. The van der Waals surface area contributed by atoms with Gasteiger partial charge in [-0.1, -0.05) is 35.3 Å². The van der Waals surface area contributed by atoms with Gasteiger partial charge in [-0.25, -0.2) is 0 Å². The van der Waals surface area contributed by atoms with Crippen molar-refractivity contribution in [2.75, 3.05) is 27.2 Å². The lowest BCUT2D eigenvalue weighted by Gasteiger charge is -2.15. The van der Waals surface area contributed by atoms with E-state index in [0.717, 1.165) is 37.2 Å². The van der Waals surface area contributed by atoms with Gasteiger partial charge in [0.05, 0.1) is 12.1 Å². The van der Waals surface area contributed by atoms with Gasteiger partial charge in [-0.3, -0.25) is 0 Å². The summed E-state index contributed by atoms with van der Waals surface area (Å²) in [6, 6.07) is 11.4. The van der Waals surface area contributed by atoms with Crippen molar-refractivity contribution in [2.45, 2.75) is 19.6 Å². The first-order chi connectivity index (χ1) is 12.1. The lowest BCUT2D eigenvalue weighted by molar-refractivity contribution is 0.284. The number of nitrogens with one attached hydrogen (secondary N) is 2. The molecular weight excluding hydrogens is 430 g/mol. The van der Waals surface area contributed by atoms with Crippen LogP contribution in [0.4, 0.5) is 0 Å². The molecule has 0 amide bonds. The fraction of sp³-hybridized carbons (Fsp3) is 0.368. The van der Waals surface area contributed by atoms with Crippen molar-refractivity contribution in [3.05, 3.63) is 57.6 Å². The average Bonchev–Trinajstić information content (AvgIpc) is 2.61. The van der Waals surface area contributed by atoms with Gasteiger partial charge in [0.15, 0.2) is 11.5 Å². The van der Waals surface area contributed by atoms with E-state index >= 15 is 0 Å². The van der Waals surface area contributed by atoms with Crippen LogP contribution in [-0.4, -0.2) is 27.2 Å². The Kier molecular flexibility index (Phi) is 13.7. The molecule has 0 atom stereocenters. The van der Waals surface area contributed by atoms with Crippen molar-refractivity contribution in [1.29, 1.82) is 0 Å². The van der Waals surface area contributed by atoms with Crippen LogP contribution in [0.2, 0.25) is 10.0 Å². The summed E-state index contributed by atoms with van der Waals surface area (Å²) in [5.74, 6) is 1.19. The zero-order chi connectivity index (χ0) is 18.1. The van der Waals surface area contributed by atoms with Gasteiger partial charge in [-0.15, -0.1) is 24.8 Å². The first-order valence-corrected chi connectivity index (χ1v) is 8.98. The summed E-state index contributed by atoms with van der Waals surface area (Å²) in [5, 5.41) is 7.76. The van der Waals surface area contributed by atoms with Crippen LogP contribution in [0.3, 0.4) is 0 Å². The largest absolute Gasteiger partial charge is 0.493 e. The van der Waals surface area contributed by atoms with E-state index in [4.69, 9.17) is 32.7 Å². The minimum absolute atomic E-state index is 0. The minimum Gasteiger partial charge on any atom is -0.493 e. The Balaban J connectivity index is 0.00000338. The number of halogens is 4. The molecule has 0 heterocycles. The van der Waals surface area contributed by atoms with Gasteiger partial charge in [0.2, 0.25) is 0 Å². The molecule has 0 fully saturated rings. The summed E-state index contributed by atoms with van der Waals surface area (Å²) < 4.78 is 11.3. The molecule has 0 aliphatic rings. The third-order valence-corrected chi connectivity index (χ3v) is 4.23. The highest BCUT2D eigenvalue weighted by Crippen LogP contribution is 2.37. The lowest BCUT2D eigenvalue weighted by Crippen LogP contribution is -2.19. The number of rotatable bonds is 10. The standard InChI is InChI=1S/C19H24Cl2N2O2.2ClH/c1-22-8-3-9-23-12-15-10-17(21)19(18(11-15)24-2)25-13-14-4-6-16(20)7-5-14;;/h4-7,10-11,22-23H,3,8-9,12-13H2,1-2H3;2*1H. The summed E-state index contributed by atoms with van der Waals surface area (Å²) in [5.41, 5.74) is 2.07. The van der Waals surface area contributed by atoms with E-state index in [1.165, 1.54) is 0 Å². The number of hydrogen-bond donors (Lipinski definition) is 2. The first-order valence-electron chi connectivity index (χ1n) is 8.23. The summed E-state index contributed by atoms with van der Waals surface area (Å²) in [7, 11) is 3.57. The van der Waals surface area contributed by atoms with E-state index in [0.29, 0.717) is 28.2 Å². The summed E-state index contributed by atoms with van der Waals surface area (Å²) in [6.45, 7) is 3.07. The molecule has 0 aliphatic carbocycles. The molecule has 2 aromatic rings. The van der Waals surface area contributed by atoms with Gasteiger partial charge in [-0.2, -0.15) is 0 Å². The Labute approximate surface area is 183 Å². The molecule has 0 saturated carbocycles. The summed E-state index contributed by atoms with van der Waals surface area (Å²) >= 11 is 12.3. The molecule has 0 aliphatic heterocycles. The van der Waals surface area contributed by atoms with Crippen LogP contribution in [0, 0.1) is 0 Å². The van der Waals surface area contributed by atoms with E-state index in [1.807, 2.05) is 43.4 Å². The van der Waals surface area contributed by atoms with E-state index in [2.05, 4.69) is 10.6 Å². The molecule has 27 heavy (non-hydrogen) atoms. The molecule has 0 spiro atoms. The van der Waals surface area contributed by atoms with Crippen molar-refractivity contribution in [2.24, 2.45) is 0 Å². The van der Waals surface area contributed by atoms with Gasteiger partial charge < -0.3 is 20.1 Å². The van der Waals surface area contributed by atoms with Crippen LogP contribution in [0.15, 0.2) is 36.4 Å². The normalized spacial score (nSPS) is 9.93. The lowest BCUT2D eigenvalue weighted by atomic mass is 10.2. The predicted octanol–water partition coefficient (Wildman–Crippen LogP) is 5.12. The van der Waals surface area contributed by atoms with Crippen LogP contribution in [0.1, 0.15) is 17.5 Å². The maximum atomic E-state index is 6.40. The second-order valence-corrected chi connectivity index (χ2v) is 6.50. The Morgan fingerprint density at radius 2 is 1.67 bits per heavy atom. The van der Waals surface area contributed by atoms with Gasteiger partial charge in [-0.05, 0) is 62.0 Å². The SMILES string of the molecule is CNCCCNCc1cc(Cl)c(OCc2ccc(Cl)cc2)c(OC)c1.Cl.Cl. The van der Waals surface area contributed by atoms with Crippen molar-refractivity contribution in [1.82, 2.24) is 10.6 Å². The number of benzene rings is 2. The quantitative estimate of drug-likeness (QED) is 0.487. The average molecular weight is 456 g/mol. The highest BCUT2D eigenvalue weighted by Gasteiger charge is 2.12. The maximum Gasteiger partial charge on any atom is 0.180 e. The maximum absolute atomic E-state index is 6.40. The van der Waals surface area contributed by atoms with E-state index in [9.17, 15) is 0 Å². The topological polar surface area (TPSA) is 42.5 Å². The molecule has 0 radical (unpaired) electrons. The summed E-state index contributed by atoms with van der Waals surface area (Å²) in [4.78, 5) is 0. The number of ether oxygens (including phenoxy) is 2. The zero-order valence-electron chi connectivity index (χ0n) is 15.4. The van der Waals surface area contributed by atoms with Gasteiger partial charge >= 0.3 is 0 Å². The highest BCUT2D eigenvalue weighted by atomic mass is 35.5. The molecule has 0 unspecified atom stereocenters. The van der Waals surface area contributed by atoms with Crippen molar-refractivity contribution < 1.29 is 9.47 Å². The highest BCUT2D eigenvalue weighted by molar-refractivity contribution is 6.32. The smallest absolute Gasteiger partial charge is 0.180 e. The fourth-order valence-electron chi connectivity index (χ4n) is 2.37. The molecule has 2 rings (SSSR count). The molecule has 152 valence electrons. The predicted molar refractivity (Wildman–Crippen MR) is 119 cm³/mol. The second kappa shape index (κ2) is 14.2. The Morgan fingerprint density at radius 1 is 0.963 bits per heavy atom. The van der Waals surface area contributed by atoms with E-state index < -0.39 is 0 Å². The van der Waals surface area contributed by atoms with Crippen LogP contribution in [0.25, 0.3) is 0 Å². The molecule has 2 aromatic carbocycles. The molecule has 0 aromatic heterocycles. The Morgan fingerprint density at radius 3 is 2.30 bits per heavy atom. The third kappa shape index (κ3) is 8.77. The third-order valence-electron chi connectivity index (χ3n) is 3.70. The molecule has 4 nitrogen and oxygen atoms in total. The Bertz CT molecular complexity index is 670. The molecule has 0 bridgehead atoms. The van der Waals surface area contributed by atoms with Crippen LogP contribution >= 0.6 is 48.0 Å². The monoisotopic (exact) mass is 454 g/mol. The van der Waals surface area contributed by atoms with Gasteiger partial charge in [0.25, 0.3) is 0 Å². The van der Waals surface area contributed by atoms with Crippen molar-refractivity contribution >= 4 is 48.0 Å². The summed E-state index contributed by atoms with van der Waals surface area (Å²) in [6.07, 6.45) is 1.07. The molecule has 8 heteroatoms. The fourth-order valence-corrected chi connectivity index (χ4v) is 2.79. The van der Waals surface area contributed by atoms with Crippen molar-refractivity contribution in [3.63, 3.8) is 0 Å². The minimum atomic E-state index is 0. The second-order valence-electron chi connectivity index (χ2n) is 5.66. The zero-order valence-corrected chi connectivity index (χ0v) is 18.5. The molecule has 2 N–H and O–H groups in total. The Hall–Kier alpha value is -0.880. The van der Waals surface area contributed by atoms with Crippen LogP contribution in [-0.2, 0) is 13.2 Å². The molecule has 0 saturated heterocycles. The van der Waals surface area contributed by atoms with Crippen LogP contribution in [0.5, 0.6) is 11.5 Å². The molecular formula is C19H26Cl4N2O2. The number of hydrogen-bond acceptors (Lipinski definition) is 4. The van der Waals surface area contributed by atoms with E-state index in [-0.39, 0.29) is 24.8 Å².